The predicted molar refractivity (Wildman–Crippen MR) is 87.6 cm³/mol. The fourth-order valence-electron chi connectivity index (χ4n) is 6.86. The van der Waals surface area contributed by atoms with Crippen LogP contribution in [0.2, 0.25) is 0 Å². The standard InChI is InChI=1S/C20H28F2O2/c1-19-10-15(18(21)22)17-13-6-4-12(23)9-11(13)3-5-14(17)16(19)7-8-20(19,2)24/h9,13-18,24H,3-8,10H2,1-2H3/t13?,14?,15-,16?,17?,19-,20-/m0/s1. The number of allylic oxidation sites excluding steroid dienone is 1. The van der Waals surface area contributed by atoms with E-state index in [4.69, 9.17) is 0 Å². The van der Waals surface area contributed by atoms with Gasteiger partial charge in [0.2, 0.25) is 6.43 Å². The molecular weight excluding hydrogens is 310 g/mol. The Hall–Kier alpha value is -0.770. The van der Waals surface area contributed by atoms with Crippen molar-refractivity contribution in [2.24, 2.45) is 35.0 Å². The number of hydrogen-bond donors (Lipinski definition) is 1. The molecule has 0 aromatic carbocycles. The molecule has 0 aromatic heterocycles. The first-order chi connectivity index (χ1) is 11.2. The number of aliphatic hydroxyl groups is 1. The van der Waals surface area contributed by atoms with Crippen molar-refractivity contribution in [2.45, 2.75) is 70.8 Å². The van der Waals surface area contributed by atoms with Crippen molar-refractivity contribution in [1.82, 2.24) is 0 Å². The molecule has 0 amide bonds. The molecule has 0 aliphatic heterocycles. The molecule has 3 saturated carbocycles. The van der Waals surface area contributed by atoms with Crippen LogP contribution in [0.5, 0.6) is 0 Å². The quantitative estimate of drug-likeness (QED) is 0.771. The third-order valence-corrected chi connectivity index (χ3v) is 8.24. The minimum Gasteiger partial charge on any atom is -0.390 e. The smallest absolute Gasteiger partial charge is 0.241 e. The van der Waals surface area contributed by atoms with Gasteiger partial charge in [0.1, 0.15) is 0 Å². The third kappa shape index (κ3) is 2.17. The van der Waals surface area contributed by atoms with Gasteiger partial charge in [0.05, 0.1) is 5.60 Å². The molecular formula is C20H28F2O2. The molecule has 134 valence electrons. The SMILES string of the molecule is C[C@]1(O)CCC2C3CCC4=CC(=O)CCC4C3[C@@H](C(F)F)C[C@@]21C. The Morgan fingerprint density at radius 1 is 1.21 bits per heavy atom. The van der Waals surface area contributed by atoms with E-state index in [-0.39, 0.29) is 23.5 Å². The van der Waals surface area contributed by atoms with Gasteiger partial charge in [0, 0.05) is 12.3 Å². The van der Waals surface area contributed by atoms with Gasteiger partial charge in [-0.25, -0.2) is 8.78 Å². The summed E-state index contributed by atoms with van der Waals surface area (Å²) < 4.78 is 28.1. The van der Waals surface area contributed by atoms with Crippen LogP contribution in [-0.2, 0) is 4.79 Å². The Kier molecular flexibility index (Phi) is 3.73. The lowest BCUT2D eigenvalue weighted by atomic mass is 9.47. The van der Waals surface area contributed by atoms with Crippen molar-refractivity contribution in [2.75, 3.05) is 0 Å². The molecule has 0 spiro atoms. The monoisotopic (exact) mass is 338 g/mol. The van der Waals surface area contributed by atoms with Gasteiger partial charge in [-0.1, -0.05) is 12.5 Å². The average molecular weight is 338 g/mol. The molecule has 4 aliphatic rings. The predicted octanol–water partition coefficient (Wildman–Crippen LogP) is 4.37. The van der Waals surface area contributed by atoms with Crippen LogP contribution < -0.4 is 0 Å². The number of fused-ring (bicyclic) bond motifs is 5. The number of alkyl halides is 2. The van der Waals surface area contributed by atoms with Crippen LogP contribution in [0.1, 0.15) is 58.8 Å². The Balaban J connectivity index is 1.74. The molecule has 3 fully saturated rings. The van der Waals surface area contributed by atoms with Gasteiger partial charge in [0.15, 0.2) is 5.78 Å². The summed E-state index contributed by atoms with van der Waals surface area (Å²) in [7, 11) is 0. The second-order valence-electron chi connectivity index (χ2n) is 9.15. The number of ketones is 1. The molecule has 1 N–H and O–H groups in total. The molecule has 24 heavy (non-hydrogen) atoms. The van der Waals surface area contributed by atoms with E-state index < -0.39 is 23.4 Å². The van der Waals surface area contributed by atoms with E-state index in [9.17, 15) is 18.7 Å². The molecule has 4 rings (SSSR count). The Morgan fingerprint density at radius 3 is 2.67 bits per heavy atom. The van der Waals surface area contributed by atoms with Crippen LogP contribution in [0, 0.1) is 35.0 Å². The lowest BCUT2D eigenvalue weighted by Gasteiger charge is -2.58. The third-order valence-electron chi connectivity index (χ3n) is 8.24. The summed E-state index contributed by atoms with van der Waals surface area (Å²) in [5.74, 6) is 0.278. The van der Waals surface area contributed by atoms with Gasteiger partial charge < -0.3 is 5.11 Å². The number of rotatable bonds is 1. The van der Waals surface area contributed by atoms with Crippen molar-refractivity contribution >= 4 is 5.78 Å². The molecule has 0 heterocycles. The van der Waals surface area contributed by atoms with Crippen LogP contribution >= 0.6 is 0 Å². The molecule has 0 saturated heterocycles. The van der Waals surface area contributed by atoms with Crippen LogP contribution in [0.3, 0.4) is 0 Å². The largest absolute Gasteiger partial charge is 0.390 e. The Morgan fingerprint density at radius 2 is 1.96 bits per heavy atom. The molecule has 4 heteroatoms. The van der Waals surface area contributed by atoms with Crippen molar-refractivity contribution in [3.63, 3.8) is 0 Å². The minimum absolute atomic E-state index is 0.00919. The molecule has 2 nitrogen and oxygen atoms in total. The number of carbonyl (C=O) groups excluding carboxylic acids is 1. The molecule has 0 radical (unpaired) electrons. The van der Waals surface area contributed by atoms with Gasteiger partial charge in [-0.05, 0) is 80.6 Å². The maximum absolute atomic E-state index is 14.0. The highest BCUT2D eigenvalue weighted by atomic mass is 19.3. The van der Waals surface area contributed by atoms with Gasteiger partial charge >= 0.3 is 0 Å². The zero-order valence-electron chi connectivity index (χ0n) is 14.6. The Labute approximate surface area is 142 Å². The second kappa shape index (κ2) is 5.36. The first-order valence-electron chi connectivity index (χ1n) is 9.48. The minimum atomic E-state index is -2.34. The maximum Gasteiger partial charge on any atom is 0.241 e. The Bertz CT molecular complexity index is 582. The summed E-state index contributed by atoms with van der Waals surface area (Å²) in [6.07, 6.45) is 4.53. The van der Waals surface area contributed by atoms with E-state index >= 15 is 0 Å². The van der Waals surface area contributed by atoms with Gasteiger partial charge in [0.25, 0.3) is 0 Å². The summed E-state index contributed by atoms with van der Waals surface area (Å²) in [5, 5.41) is 10.9. The summed E-state index contributed by atoms with van der Waals surface area (Å²) in [6, 6.07) is 0. The highest BCUT2D eigenvalue weighted by Crippen LogP contribution is 2.66. The normalized spacial score (nSPS) is 51.0. The molecule has 7 atom stereocenters. The van der Waals surface area contributed by atoms with E-state index in [0.717, 1.165) is 37.7 Å². The number of hydrogen-bond acceptors (Lipinski definition) is 2. The average Bonchev–Trinajstić information content (AvgIpc) is 2.76. The molecule has 0 aromatic rings. The van der Waals surface area contributed by atoms with E-state index in [1.165, 1.54) is 0 Å². The van der Waals surface area contributed by atoms with Gasteiger partial charge in [-0.15, -0.1) is 0 Å². The number of carbonyl (C=O) groups is 1. The van der Waals surface area contributed by atoms with E-state index in [1.54, 1.807) is 6.08 Å². The zero-order chi connectivity index (χ0) is 17.3. The number of halogens is 2. The highest BCUT2D eigenvalue weighted by Gasteiger charge is 2.64. The van der Waals surface area contributed by atoms with Crippen molar-refractivity contribution in [1.29, 1.82) is 0 Å². The van der Waals surface area contributed by atoms with Gasteiger partial charge in [-0.3, -0.25) is 4.79 Å². The van der Waals surface area contributed by atoms with Crippen molar-refractivity contribution in [3.05, 3.63) is 11.6 Å². The van der Waals surface area contributed by atoms with E-state index in [1.807, 2.05) is 13.8 Å². The zero-order valence-corrected chi connectivity index (χ0v) is 14.6. The summed E-state index contributed by atoms with van der Waals surface area (Å²) in [5.41, 5.74) is -0.110. The fraction of sp³-hybridized carbons (Fsp3) is 0.850. The maximum atomic E-state index is 14.0. The second-order valence-corrected chi connectivity index (χ2v) is 9.15. The lowest BCUT2D eigenvalue weighted by molar-refractivity contribution is -0.155. The van der Waals surface area contributed by atoms with Crippen LogP contribution in [-0.4, -0.2) is 22.9 Å². The van der Waals surface area contributed by atoms with Crippen molar-refractivity contribution < 1.29 is 18.7 Å². The topological polar surface area (TPSA) is 37.3 Å². The summed E-state index contributed by atoms with van der Waals surface area (Å²) >= 11 is 0. The molecule has 4 unspecified atom stereocenters. The summed E-state index contributed by atoms with van der Waals surface area (Å²) in [6.45, 7) is 3.90. The van der Waals surface area contributed by atoms with E-state index in [0.29, 0.717) is 18.8 Å². The molecule has 4 aliphatic carbocycles. The fourth-order valence-corrected chi connectivity index (χ4v) is 6.86. The summed E-state index contributed by atoms with van der Waals surface area (Å²) in [4.78, 5) is 11.8. The van der Waals surface area contributed by atoms with Crippen molar-refractivity contribution in [3.8, 4) is 0 Å². The molecule has 0 bridgehead atoms. The lowest BCUT2D eigenvalue weighted by Crippen LogP contribution is -2.56. The highest BCUT2D eigenvalue weighted by molar-refractivity contribution is 5.91. The van der Waals surface area contributed by atoms with Crippen LogP contribution in [0.25, 0.3) is 0 Å². The van der Waals surface area contributed by atoms with E-state index in [2.05, 4.69) is 0 Å². The first-order valence-corrected chi connectivity index (χ1v) is 9.48. The van der Waals surface area contributed by atoms with Gasteiger partial charge in [-0.2, -0.15) is 0 Å². The van der Waals surface area contributed by atoms with Crippen LogP contribution in [0.4, 0.5) is 8.78 Å². The first kappa shape index (κ1) is 16.7. The van der Waals surface area contributed by atoms with Crippen LogP contribution in [0.15, 0.2) is 11.6 Å².